The maximum Gasteiger partial charge on any atom is 0.315 e. The fourth-order valence-electron chi connectivity index (χ4n) is 1.93. The number of carbonyl (C=O) groups excluding carboxylic acids is 1. The molecule has 0 saturated heterocycles. The number of aliphatic hydroxyl groups is 1. The van der Waals surface area contributed by atoms with Crippen LogP contribution in [0.4, 0.5) is 4.79 Å². The third-order valence-electron chi connectivity index (χ3n) is 2.96. The van der Waals surface area contributed by atoms with Gasteiger partial charge in [0.05, 0.1) is 18.8 Å². The molecule has 2 unspecified atom stereocenters. The Kier molecular flexibility index (Phi) is 7.69. The number of ether oxygens (including phenoxy) is 1. The van der Waals surface area contributed by atoms with Crippen LogP contribution in [-0.2, 0) is 4.74 Å². The molecule has 2 amide bonds. The van der Waals surface area contributed by atoms with Crippen molar-refractivity contribution in [3.05, 3.63) is 35.9 Å². The van der Waals surface area contributed by atoms with E-state index in [1.807, 2.05) is 37.3 Å². The number of benzene rings is 1. The molecule has 1 aromatic rings. The quantitative estimate of drug-likeness (QED) is 0.680. The fraction of sp³-hybridized carbons (Fsp3) is 0.533. The topological polar surface area (TPSA) is 70.6 Å². The molecule has 20 heavy (non-hydrogen) atoms. The number of amides is 2. The Labute approximate surface area is 120 Å². The zero-order valence-electron chi connectivity index (χ0n) is 12.1. The predicted octanol–water partition coefficient (Wildman–Crippen LogP) is 1.83. The molecule has 5 nitrogen and oxygen atoms in total. The molecule has 0 heterocycles. The second-order valence-electron chi connectivity index (χ2n) is 4.72. The number of nitrogens with one attached hydrogen (secondary N) is 2. The van der Waals surface area contributed by atoms with Crippen LogP contribution < -0.4 is 10.6 Å². The zero-order chi connectivity index (χ0) is 14.8. The van der Waals surface area contributed by atoms with Crippen molar-refractivity contribution in [3.8, 4) is 0 Å². The van der Waals surface area contributed by atoms with Gasteiger partial charge in [0, 0.05) is 13.7 Å². The van der Waals surface area contributed by atoms with Crippen LogP contribution in [-0.4, -0.2) is 37.5 Å². The lowest BCUT2D eigenvalue weighted by molar-refractivity contribution is 0.153. The Morgan fingerprint density at radius 2 is 2.05 bits per heavy atom. The summed E-state index contributed by atoms with van der Waals surface area (Å²) in [4.78, 5) is 11.8. The van der Waals surface area contributed by atoms with Crippen LogP contribution in [0.25, 0.3) is 0 Å². The SMILES string of the molecule is CCCC(O)CNC(=O)NC(COC)c1ccccc1. The second kappa shape index (κ2) is 9.34. The van der Waals surface area contributed by atoms with Crippen molar-refractivity contribution >= 4 is 6.03 Å². The lowest BCUT2D eigenvalue weighted by Crippen LogP contribution is -2.42. The van der Waals surface area contributed by atoms with E-state index in [2.05, 4.69) is 10.6 Å². The highest BCUT2D eigenvalue weighted by Gasteiger charge is 2.14. The Morgan fingerprint density at radius 1 is 1.35 bits per heavy atom. The van der Waals surface area contributed by atoms with Crippen LogP contribution in [0.1, 0.15) is 31.4 Å². The van der Waals surface area contributed by atoms with Crippen LogP contribution in [0.2, 0.25) is 0 Å². The number of aliphatic hydroxyl groups excluding tert-OH is 1. The van der Waals surface area contributed by atoms with Gasteiger partial charge in [0.2, 0.25) is 0 Å². The summed E-state index contributed by atoms with van der Waals surface area (Å²) in [6, 6.07) is 9.14. The number of carbonyl (C=O) groups is 1. The lowest BCUT2D eigenvalue weighted by atomic mass is 10.1. The highest BCUT2D eigenvalue weighted by Crippen LogP contribution is 2.12. The van der Waals surface area contributed by atoms with Gasteiger partial charge in [-0.1, -0.05) is 43.7 Å². The van der Waals surface area contributed by atoms with Gasteiger partial charge >= 0.3 is 6.03 Å². The van der Waals surface area contributed by atoms with Gasteiger partial charge in [-0.2, -0.15) is 0 Å². The number of rotatable bonds is 8. The third-order valence-corrected chi connectivity index (χ3v) is 2.96. The molecule has 0 fully saturated rings. The van der Waals surface area contributed by atoms with Crippen LogP contribution in [0.15, 0.2) is 30.3 Å². The first kappa shape index (κ1) is 16.5. The average molecular weight is 280 g/mol. The second-order valence-corrected chi connectivity index (χ2v) is 4.72. The zero-order valence-corrected chi connectivity index (χ0v) is 12.1. The van der Waals surface area contributed by atoms with E-state index in [-0.39, 0.29) is 18.6 Å². The summed E-state index contributed by atoms with van der Waals surface area (Å²) in [5.41, 5.74) is 0.985. The predicted molar refractivity (Wildman–Crippen MR) is 78.5 cm³/mol. The van der Waals surface area contributed by atoms with Gasteiger partial charge in [-0.05, 0) is 12.0 Å². The number of hydrogen-bond acceptors (Lipinski definition) is 3. The van der Waals surface area contributed by atoms with E-state index in [1.165, 1.54) is 0 Å². The van der Waals surface area contributed by atoms with Gasteiger partial charge in [0.15, 0.2) is 0 Å². The minimum Gasteiger partial charge on any atom is -0.391 e. The van der Waals surface area contributed by atoms with E-state index in [1.54, 1.807) is 7.11 Å². The molecule has 1 rings (SSSR count). The van der Waals surface area contributed by atoms with Crippen molar-refractivity contribution in [2.75, 3.05) is 20.3 Å². The molecule has 3 N–H and O–H groups in total. The smallest absolute Gasteiger partial charge is 0.315 e. The summed E-state index contributed by atoms with van der Waals surface area (Å²) in [6.07, 6.45) is 1.07. The van der Waals surface area contributed by atoms with E-state index < -0.39 is 6.10 Å². The van der Waals surface area contributed by atoms with Crippen molar-refractivity contribution < 1.29 is 14.6 Å². The van der Waals surface area contributed by atoms with E-state index >= 15 is 0 Å². The molecule has 0 radical (unpaired) electrons. The Morgan fingerprint density at radius 3 is 2.65 bits per heavy atom. The summed E-state index contributed by atoms with van der Waals surface area (Å²) >= 11 is 0. The van der Waals surface area contributed by atoms with E-state index in [0.29, 0.717) is 13.0 Å². The van der Waals surface area contributed by atoms with Gasteiger partial charge in [0.25, 0.3) is 0 Å². The summed E-state index contributed by atoms with van der Waals surface area (Å²) in [5, 5.41) is 15.1. The normalized spacial score (nSPS) is 13.6. The highest BCUT2D eigenvalue weighted by molar-refractivity contribution is 5.74. The van der Waals surface area contributed by atoms with Crippen LogP contribution in [0.5, 0.6) is 0 Å². The minimum absolute atomic E-state index is 0.204. The number of methoxy groups -OCH3 is 1. The summed E-state index contributed by atoms with van der Waals surface area (Å²) in [5.74, 6) is 0. The Hall–Kier alpha value is -1.59. The monoisotopic (exact) mass is 280 g/mol. The molecule has 0 saturated carbocycles. The van der Waals surface area contributed by atoms with Gasteiger partial charge < -0.3 is 20.5 Å². The molecule has 5 heteroatoms. The highest BCUT2D eigenvalue weighted by atomic mass is 16.5. The number of hydrogen-bond donors (Lipinski definition) is 3. The van der Waals surface area contributed by atoms with Gasteiger partial charge in [-0.25, -0.2) is 4.79 Å². The molecule has 2 atom stereocenters. The third kappa shape index (κ3) is 6.04. The molecule has 0 aliphatic carbocycles. The van der Waals surface area contributed by atoms with E-state index in [0.717, 1.165) is 12.0 Å². The first-order valence-corrected chi connectivity index (χ1v) is 6.93. The van der Waals surface area contributed by atoms with E-state index in [9.17, 15) is 9.90 Å². The van der Waals surface area contributed by atoms with Gasteiger partial charge in [0.1, 0.15) is 0 Å². The first-order chi connectivity index (χ1) is 9.67. The molecule has 112 valence electrons. The van der Waals surface area contributed by atoms with E-state index in [4.69, 9.17) is 4.74 Å². The van der Waals surface area contributed by atoms with Crippen molar-refractivity contribution in [3.63, 3.8) is 0 Å². The van der Waals surface area contributed by atoms with Crippen molar-refractivity contribution in [1.29, 1.82) is 0 Å². The largest absolute Gasteiger partial charge is 0.391 e. The number of urea groups is 1. The maximum atomic E-state index is 11.8. The Balaban J connectivity index is 2.47. The average Bonchev–Trinajstić information content (AvgIpc) is 2.46. The molecule has 0 aliphatic rings. The van der Waals surface area contributed by atoms with Crippen molar-refractivity contribution in [2.24, 2.45) is 0 Å². The molecule has 0 bridgehead atoms. The fourth-order valence-corrected chi connectivity index (χ4v) is 1.93. The molecule has 0 aromatic heterocycles. The minimum atomic E-state index is -0.497. The molecular weight excluding hydrogens is 256 g/mol. The summed E-state index contributed by atoms with van der Waals surface area (Å²) in [7, 11) is 1.60. The molecule has 1 aromatic carbocycles. The van der Waals surface area contributed by atoms with Gasteiger partial charge in [-0.3, -0.25) is 0 Å². The maximum absolute atomic E-state index is 11.8. The molecule has 0 aliphatic heterocycles. The molecule has 0 spiro atoms. The van der Waals surface area contributed by atoms with Crippen molar-refractivity contribution in [1.82, 2.24) is 10.6 Å². The molecular formula is C15H24N2O3. The lowest BCUT2D eigenvalue weighted by Gasteiger charge is -2.19. The first-order valence-electron chi connectivity index (χ1n) is 6.93. The van der Waals surface area contributed by atoms with Crippen LogP contribution in [0, 0.1) is 0 Å². The summed E-state index contributed by atoms with van der Waals surface area (Å²) in [6.45, 7) is 2.65. The summed E-state index contributed by atoms with van der Waals surface area (Å²) < 4.78 is 5.13. The van der Waals surface area contributed by atoms with Gasteiger partial charge in [-0.15, -0.1) is 0 Å². The van der Waals surface area contributed by atoms with Crippen molar-refractivity contribution in [2.45, 2.75) is 31.9 Å². The standard InChI is InChI=1S/C15H24N2O3/c1-3-7-13(18)10-16-15(19)17-14(11-20-2)12-8-5-4-6-9-12/h4-6,8-9,13-14,18H,3,7,10-11H2,1-2H3,(H2,16,17,19). The Bertz CT molecular complexity index is 384. The van der Waals surface area contributed by atoms with Crippen LogP contribution in [0.3, 0.4) is 0 Å². The van der Waals surface area contributed by atoms with Crippen LogP contribution >= 0.6 is 0 Å².